The number of piperidine rings is 1. The first-order valence-electron chi connectivity index (χ1n) is 8.37. The molecule has 1 aromatic rings. The van der Waals surface area contributed by atoms with Crippen molar-refractivity contribution in [3.8, 4) is 0 Å². The molecular formula is C18H26N2O. The zero-order valence-electron chi connectivity index (χ0n) is 12.8. The molecule has 114 valence electrons. The van der Waals surface area contributed by atoms with Crippen molar-refractivity contribution in [1.82, 2.24) is 9.80 Å². The van der Waals surface area contributed by atoms with Crippen LogP contribution in [0.1, 0.15) is 42.5 Å². The molecule has 21 heavy (non-hydrogen) atoms. The van der Waals surface area contributed by atoms with E-state index in [9.17, 15) is 4.79 Å². The molecule has 2 aliphatic rings. The fourth-order valence-electron chi connectivity index (χ4n) is 3.62. The van der Waals surface area contributed by atoms with E-state index in [1.165, 1.54) is 38.8 Å². The predicted molar refractivity (Wildman–Crippen MR) is 85.7 cm³/mol. The lowest BCUT2D eigenvalue weighted by atomic mass is 10.1. The van der Waals surface area contributed by atoms with Crippen LogP contribution >= 0.6 is 0 Å². The van der Waals surface area contributed by atoms with Gasteiger partial charge in [0.2, 0.25) is 0 Å². The number of ketones is 1. The lowest BCUT2D eigenvalue weighted by Gasteiger charge is -2.32. The third kappa shape index (κ3) is 3.92. The quantitative estimate of drug-likeness (QED) is 0.778. The van der Waals surface area contributed by atoms with Gasteiger partial charge in [-0.3, -0.25) is 9.69 Å². The average Bonchev–Trinajstić information content (AvgIpc) is 3.03. The molecule has 0 spiro atoms. The molecule has 0 saturated carbocycles. The molecule has 0 radical (unpaired) electrons. The van der Waals surface area contributed by atoms with Crippen LogP contribution < -0.4 is 0 Å². The van der Waals surface area contributed by atoms with Crippen molar-refractivity contribution in [2.75, 3.05) is 32.7 Å². The maximum absolute atomic E-state index is 12.1. The summed E-state index contributed by atoms with van der Waals surface area (Å²) in [6.07, 6.45) is 6.06. The zero-order chi connectivity index (χ0) is 14.5. The number of carbonyl (C=O) groups is 1. The van der Waals surface area contributed by atoms with E-state index in [0.717, 1.165) is 31.2 Å². The van der Waals surface area contributed by atoms with Crippen LogP contribution in [0.15, 0.2) is 30.3 Å². The molecule has 0 aromatic heterocycles. The summed E-state index contributed by atoms with van der Waals surface area (Å²) in [7, 11) is 0. The highest BCUT2D eigenvalue weighted by atomic mass is 16.1. The molecule has 1 atom stereocenters. The Morgan fingerprint density at radius 2 is 1.81 bits per heavy atom. The van der Waals surface area contributed by atoms with Crippen molar-refractivity contribution < 1.29 is 4.79 Å². The zero-order valence-corrected chi connectivity index (χ0v) is 12.8. The summed E-state index contributed by atoms with van der Waals surface area (Å²) in [5.74, 6) is 0.275. The van der Waals surface area contributed by atoms with Crippen molar-refractivity contribution in [3.05, 3.63) is 35.9 Å². The van der Waals surface area contributed by atoms with Crippen LogP contribution in [0, 0.1) is 0 Å². The van der Waals surface area contributed by atoms with Gasteiger partial charge in [0.15, 0.2) is 5.78 Å². The molecule has 3 nitrogen and oxygen atoms in total. The van der Waals surface area contributed by atoms with Crippen molar-refractivity contribution in [2.45, 2.75) is 38.1 Å². The topological polar surface area (TPSA) is 23.6 Å². The van der Waals surface area contributed by atoms with E-state index in [0.29, 0.717) is 6.42 Å². The van der Waals surface area contributed by atoms with Crippen LogP contribution in [0.3, 0.4) is 0 Å². The Morgan fingerprint density at radius 3 is 2.57 bits per heavy atom. The number of rotatable bonds is 5. The van der Waals surface area contributed by atoms with Crippen LogP contribution in [0.4, 0.5) is 0 Å². The molecule has 0 amide bonds. The van der Waals surface area contributed by atoms with Gasteiger partial charge < -0.3 is 4.90 Å². The van der Waals surface area contributed by atoms with Crippen molar-refractivity contribution in [3.63, 3.8) is 0 Å². The molecule has 0 aliphatic carbocycles. The summed E-state index contributed by atoms with van der Waals surface area (Å²) in [6.45, 7) is 5.78. The van der Waals surface area contributed by atoms with Gasteiger partial charge in [-0.1, -0.05) is 36.8 Å². The van der Waals surface area contributed by atoms with E-state index in [1.54, 1.807) is 0 Å². The molecule has 1 unspecified atom stereocenters. The predicted octanol–water partition coefficient (Wildman–Crippen LogP) is 2.82. The highest BCUT2D eigenvalue weighted by Crippen LogP contribution is 2.20. The first kappa shape index (κ1) is 14.7. The monoisotopic (exact) mass is 286 g/mol. The Morgan fingerprint density at radius 1 is 1.05 bits per heavy atom. The molecule has 1 aromatic carbocycles. The smallest absolute Gasteiger partial charge is 0.164 e. The number of Topliss-reactive ketones (excluding diaryl/α,β-unsaturated/α-hetero) is 1. The van der Waals surface area contributed by atoms with E-state index in [2.05, 4.69) is 9.80 Å². The molecule has 3 rings (SSSR count). The fraction of sp³-hybridized carbons (Fsp3) is 0.611. The summed E-state index contributed by atoms with van der Waals surface area (Å²) in [5.41, 5.74) is 0.851. The van der Waals surface area contributed by atoms with Crippen molar-refractivity contribution in [2.24, 2.45) is 0 Å². The van der Waals surface area contributed by atoms with Gasteiger partial charge in [-0.05, 0) is 38.9 Å². The summed E-state index contributed by atoms with van der Waals surface area (Å²) < 4.78 is 0. The normalized spacial score (nSPS) is 24.3. The molecule has 0 bridgehead atoms. The minimum absolute atomic E-state index is 0.275. The molecular weight excluding hydrogens is 260 g/mol. The Bertz CT molecular complexity index is 454. The van der Waals surface area contributed by atoms with E-state index < -0.39 is 0 Å². The molecule has 0 N–H and O–H groups in total. The lowest BCUT2D eigenvalue weighted by Crippen LogP contribution is -2.41. The number of hydrogen-bond donors (Lipinski definition) is 0. The summed E-state index contributed by atoms with van der Waals surface area (Å²) in [4.78, 5) is 17.3. The van der Waals surface area contributed by atoms with Gasteiger partial charge in [0, 0.05) is 31.1 Å². The average molecular weight is 286 g/mol. The van der Waals surface area contributed by atoms with Gasteiger partial charge in [0.25, 0.3) is 0 Å². The number of likely N-dealkylation sites (tertiary alicyclic amines) is 2. The van der Waals surface area contributed by atoms with Gasteiger partial charge in [0.05, 0.1) is 0 Å². The molecule has 3 heteroatoms. The minimum Gasteiger partial charge on any atom is -0.301 e. The van der Waals surface area contributed by atoms with E-state index in [-0.39, 0.29) is 5.78 Å². The fourth-order valence-corrected chi connectivity index (χ4v) is 3.62. The Balaban J connectivity index is 1.43. The Hall–Kier alpha value is -1.19. The van der Waals surface area contributed by atoms with Gasteiger partial charge in [-0.2, -0.15) is 0 Å². The maximum Gasteiger partial charge on any atom is 0.164 e. The van der Waals surface area contributed by atoms with E-state index in [4.69, 9.17) is 0 Å². The second kappa shape index (κ2) is 7.19. The highest BCUT2D eigenvalue weighted by Gasteiger charge is 2.28. The van der Waals surface area contributed by atoms with Crippen molar-refractivity contribution >= 4 is 5.78 Å². The first-order valence-corrected chi connectivity index (χ1v) is 8.37. The van der Waals surface area contributed by atoms with Crippen LogP contribution in [-0.4, -0.2) is 54.3 Å². The Kier molecular flexibility index (Phi) is 5.04. The summed E-state index contributed by atoms with van der Waals surface area (Å²) >= 11 is 0. The SMILES string of the molecule is O=C(CCN1CCC(N2CCCCC2)C1)c1ccccc1. The molecule has 2 fully saturated rings. The maximum atomic E-state index is 12.1. The number of carbonyl (C=O) groups excluding carboxylic acids is 1. The lowest BCUT2D eigenvalue weighted by molar-refractivity contribution is 0.0965. The van der Waals surface area contributed by atoms with Gasteiger partial charge in [-0.25, -0.2) is 0 Å². The molecule has 2 saturated heterocycles. The number of nitrogens with zero attached hydrogens (tertiary/aromatic N) is 2. The van der Waals surface area contributed by atoms with Gasteiger partial charge in [-0.15, -0.1) is 0 Å². The third-order valence-electron chi connectivity index (χ3n) is 4.91. The van der Waals surface area contributed by atoms with E-state index in [1.807, 2.05) is 30.3 Å². The molecule has 2 aliphatic heterocycles. The van der Waals surface area contributed by atoms with Crippen LogP contribution in [0.25, 0.3) is 0 Å². The number of benzene rings is 1. The summed E-state index contributed by atoms with van der Waals surface area (Å²) in [6, 6.07) is 10.4. The van der Waals surface area contributed by atoms with Crippen molar-refractivity contribution in [1.29, 1.82) is 0 Å². The second-order valence-electron chi connectivity index (χ2n) is 6.38. The van der Waals surface area contributed by atoms with Crippen LogP contribution in [0.5, 0.6) is 0 Å². The van der Waals surface area contributed by atoms with Gasteiger partial charge >= 0.3 is 0 Å². The summed E-state index contributed by atoms with van der Waals surface area (Å²) in [5, 5.41) is 0. The minimum atomic E-state index is 0.275. The second-order valence-corrected chi connectivity index (χ2v) is 6.38. The first-order chi connectivity index (χ1) is 10.3. The third-order valence-corrected chi connectivity index (χ3v) is 4.91. The largest absolute Gasteiger partial charge is 0.301 e. The van der Waals surface area contributed by atoms with Crippen LogP contribution in [-0.2, 0) is 0 Å². The van der Waals surface area contributed by atoms with Crippen LogP contribution in [0.2, 0.25) is 0 Å². The standard InChI is InChI=1S/C18H26N2O/c21-18(16-7-3-1-4-8-16)10-14-19-13-9-17(15-19)20-11-5-2-6-12-20/h1,3-4,7-8,17H,2,5-6,9-15H2. The molecule has 2 heterocycles. The number of hydrogen-bond acceptors (Lipinski definition) is 3. The van der Waals surface area contributed by atoms with E-state index >= 15 is 0 Å². The Labute approximate surface area is 127 Å². The highest BCUT2D eigenvalue weighted by molar-refractivity contribution is 5.96. The van der Waals surface area contributed by atoms with Gasteiger partial charge in [0.1, 0.15) is 0 Å².